The highest BCUT2D eigenvalue weighted by molar-refractivity contribution is 5.40. The first kappa shape index (κ1) is 13.7. The highest BCUT2D eigenvalue weighted by atomic mass is 16.6. The molecule has 2 heterocycles. The Morgan fingerprint density at radius 1 is 1.10 bits per heavy atom. The van der Waals surface area contributed by atoms with E-state index in [4.69, 9.17) is 9.47 Å². The van der Waals surface area contributed by atoms with Crippen molar-refractivity contribution in [1.29, 1.82) is 0 Å². The quantitative estimate of drug-likeness (QED) is 0.862. The van der Waals surface area contributed by atoms with E-state index in [0.717, 1.165) is 35.9 Å². The molecule has 0 saturated carbocycles. The van der Waals surface area contributed by atoms with Gasteiger partial charge in [-0.2, -0.15) is 5.10 Å². The van der Waals surface area contributed by atoms with Gasteiger partial charge < -0.3 is 14.4 Å². The van der Waals surface area contributed by atoms with Crippen molar-refractivity contribution in [2.75, 3.05) is 25.6 Å². The van der Waals surface area contributed by atoms with Crippen molar-refractivity contribution in [1.82, 2.24) is 10.2 Å². The van der Waals surface area contributed by atoms with Crippen LogP contribution in [-0.2, 0) is 6.42 Å². The molecule has 1 aliphatic rings. The minimum absolute atomic E-state index is 0.0650. The molecule has 0 saturated heterocycles. The average Bonchev–Trinajstić information content (AvgIpc) is 2.53. The molecule has 1 aromatic carbocycles. The molecule has 1 aliphatic heterocycles. The normalized spacial score (nSPS) is 16.6. The first-order valence-corrected chi connectivity index (χ1v) is 7.11. The molecule has 5 nitrogen and oxygen atoms in total. The fourth-order valence-corrected chi connectivity index (χ4v) is 2.24. The summed E-state index contributed by atoms with van der Waals surface area (Å²) in [6, 6.07) is 11.8. The van der Waals surface area contributed by atoms with E-state index in [2.05, 4.69) is 10.2 Å². The van der Waals surface area contributed by atoms with E-state index in [-0.39, 0.29) is 6.10 Å². The van der Waals surface area contributed by atoms with Gasteiger partial charge in [-0.1, -0.05) is 12.1 Å². The first-order chi connectivity index (χ1) is 10.2. The summed E-state index contributed by atoms with van der Waals surface area (Å²) in [4.78, 5) is 1.94. The summed E-state index contributed by atoms with van der Waals surface area (Å²) in [5.41, 5.74) is 0.975. The van der Waals surface area contributed by atoms with Crippen LogP contribution in [0.15, 0.2) is 36.4 Å². The molecule has 3 rings (SSSR count). The Balaban J connectivity index is 1.56. The summed E-state index contributed by atoms with van der Waals surface area (Å²) < 4.78 is 11.6. The van der Waals surface area contributed by atoms with E-state index in [1.54, 1.807) is 0 Å². The van der Waals surface area contributed by atoms with Gasteiger partial charge in [-0.25, -0.2) is 0 Å². The second-order valence-electron chi connectivity index (χ2n) is 5.31. The van der Waals surface area contributed by atoms with Gasteiger partial charge in [0.1, 0.15) is 12.7 Å². The number of rotatable bonds is 4. The third-order valence-electron chi connectivity index (χ3n) is 3.45. The molecule has 0 N–H and O–H groups in total. The highest BCUT2D eigenvalue weighted by Crippen LogP contribution is 2.31. The third kappa shape index (κ3) is 3.24. The van der Waals surface area contributed by atoms with Crippen molar-refractivity contribution in [3.8, 4) is 11.5 Å². The van der Waals surface area contributed by atoms with Gasteiger partial charge in [-0.15, -0.1) is 5.10 Å². The van der Waals surface area contributed by atoms with Gasteiger partial charge in [-0.05, 0) is 37.1 Å². The molecule has 0 fully saturated rings. The predicted octanol–water partition coefficient (Wildman–Crippen LogP) is 2.32. The van der Waals surface area contributed by atoms with Crippen molar-refractivity contribution in [3.63, 3.8) is 0 Å². The topological polar surface area (TPSA) is 47.5 Å². The summed E-state index contributed by atoms with van der Waals surface area (Å²) in [7, 11) is 3.91. The summed E-state index contributed by atoms with van der Waals surface area (Å²) in [5, 5.41) is 8.42. The largest absolute Gasteiger partial charge is 0.486 e. The maximum atomic E-state index is 5.93. The number of anilines is 1. The van der Waals surface area contributed by atoms with Crippen molar-refractivity contribution in [2.45, 2.75) is 18.9 Å². The Hall–Kier alpha value is -2.30. The van der Waals surface area contributed by atoms with E-state index in [9.17, 15) is 0 Å². The smallest absolute Gasteiger partial charge is 0.161 e. The minimum atomic E-state index is 0.0650. The maximum Gasteiger partial charge on any atom is 0.161 e. The Bertz CT molecular complexity index is 599. The van der Waals surface area contributed by atoms with Crippen LogP contribution in [0.5, 0.6) is 11.5 Å². The van der Waals surface area contributed by atoms with Gasteiger partial charge in [-0.3, -0.25) is 0 Å². The highest BCUT2D eigenvalue weighted by Gasteiger charge is 2.20. The van der Waals surface area contributed by atoms with E-state index in [0.29, 0.717) is 6.61 Å². The molecular formula is C16H19N3O2. The number of para-hydroxylation sites is 2. The molecule has 0 unspecified atom stereocenters. The van der Waals surface area contributed by atoms with Crippen LogP contribution in [0.4, 0.5) is 5.82 Å². The van der Waals surface area contributed by atoms with E-state index < -0.39 is 0 Å². The molecule has 0 spiro atoms. The van der Waals surface area contributed by atoms with Crippen LogP contribution in [0.1, 0.15) is 12.1 Å². The van der Waals surface area contributed by atoms with Gasteiger partial charge >= 0.3 is 0 Å². The van der Waals surface area contributed by atoms with Gasteiger partial charge in [0.05, 0.1) is 5.69 Å². The van der Waals surface area contributed by atoms with Crippen molar-refractivity contribution in [2.24, 2.45) is 0 Å². The predicted molar refractivity (Wildman–Crippen MR) is 81.0 cm³/mol. The Labute approximate surface area is 124 Å². The first-order valence-electron chi connectivity index (χ1n) is 7.11. The Kier molecular flexibility index (Phi) is 3.90. The number of ether oxygens (including phenoxy) is 2. The molecule has 5 heteroatoms. The average molecular weight is 285 g/mol. The zero-order chi connectivity index (χ0) is 14.7. The number of nitrogens with zero attached hydrogens (tertiary/aromatic N) is 3. The van der Waals surface area contributed by atoms with Crippen LogP contribution in [0.2, 0.25) is 0 Å². The maximum absolute atomic E-state index is 5.93. The fourth-order valence-electron chi connectivity index (χ4n) is 2.24. The van der Waals surface area contributed by atoms with Gasteiger partial charge in [0.2, 0.25) is 0 Å². The van der Waals surface area contributed by atoms with Gasteiger partial charge in [0.25, 0.3) is 0 Å². The zero-order valence-corrected chi connectivity index (χ0v) is 12.3. The SMILES string of the molecule is CN(C)c1ccc(CC[C@H]2COc3ccccc3O2)nn1. The van der Waals surface area contributed by atoms with Crippen LogP contribution in [0.3, 0.4) is 0 Å². The lowest BCUT2D eigenvalue weighted by Crippen LogP contribution is -2.29. The van der Waals surface area contributed by atoms with E-state index in [1.807, 2.05) is 55.4 Å². The number of aromatic nitrogens is 2. The van der Waals surface area contributed by atoms with Crippen LogP contribution in [-0.4, -0.2) is 37.0 Å². The number of hydrogen-bond donors (Lipinski definition) is 0. The van der Waals surface area contributed by atoms with Crippen molar-refractivity contribution in [3.05, 3.63) is 42.1 Å². The molecule has 0 radical (unpaired) electrons. The second kappa shape index (κ2) is 5.99. The van der Waals surface area contributed by atoms with Crippen molar-refractivity contribution < 1.29 is 9.47 Å². The number of fused-ring (bicyclic) bond motifs is 1. The molecule has 1 atom stereocenters. The van der Waals surface area contributed by atoms with Crippen LogP contribution in [0, 0.1) is 0 Å². The summed E-state index contributed by atoms with van der Waals surface area (Å²) in [6.45, 7) is 0.584. The molecule has 0 bridgehead atoms. The molecule has 2 aromatic rings. The molecular weight excluding hydrogens is 266 g/mol. The van der Waals surface area contributed by atoms with Crippen LogP contribution >= 0.6 is 0 Å². The zero-order valence-electron chi connectivity index (χ0n) is 12.3. The van der Waals surface area contributed by atoms with Gasteiger partial charge in [0.15, 0.2) is 17.3 Å². The Morgan fingerprint density at radius 3 is 2.62 bits per heavy atom. The lowest BCUT2D eigenvalue weighted by atomic mass is 10.1. The number of hydrogen-bond acceptors (Lipinski definition) is 5. The molecule has 1 aromatic heterocycles. The van der Waals surface area contributed by atoms with E-state index in [1.165, 1.54) is 0 Å². The van der Waals surface area contributed by atoms with Crippen molar-refractivity contribution >= 4 is 5.82 Å². The second-order valence-corrected chi connectivity index (χ2v) is 5.31. The fraction of sp³-hybridized carbons (Fsp3) is 0.375. The number of aryl methyl sites for hydroxylation is 1. The summed E-state index contributed by atoms with van der Waals surface area (Å²) >= 11 is 0. The number of benzene rings is 1. The summed E-state index contributed by atoms with van der Waals surface area (Å²) in [5.74, 6) is 2.51. The lowest BCUT2D eigenvalue weighted by molar-refractivity contribution is 0.0849. The lowest BCUT2D eigenvalue weighted by Gasteiger charge is -2.26. The standard InChI is InChI=1S/C16H19N3O2/c1-19(2)16-10-8-12(17-18-16)7-9-13-11-20-14-5-3-4-6-15(14)21-13/h3-6,8,10,13H,7,9,11H2,1-2H3/t13-/m0/s1. The molecule has 0 aliphatic carbocycles. The van der Waals surface area contributed by atoms with Crippen LogP contribution < -0.4 is 14.4 Å². The molecule has 110 valence electrons. The van der Waals surface area contributed by atoms with Crippen LogP contribution in [0.25, 0.3) is 0 Å². The Morgan fingerprint density at radius 2 is 1.90 bits per heavy atom. The molecule has 21 heavy (non-hydrogen) atoms. The molecule has 0 amide bonds. The minimum Gasteiger partial charge on any atom is -0.486 e. The van der Waals surface area contributed by atoms with E-state index >= 15 is 0 Å². The monoisotopic (exact) mass is 285 g/mol. The third-order valence-corrected chi connectivity index (χ3v) is 3.45. The summed E-state index contributed by atoms with van der Waals surface area (Å²) in [6.07, 6.45) is 1.76. The van der Waals surface area contributed by atoms with Gasteiger partial charge in [0, 0.05) is 14.1 Å².